The molecule has 2 heterocycles. The number of methoxy groups -OCH3 is 1. The Morgan fingerprint density at radius 1 is 0.865 bits per heavy atom. The van der Waals surface area contributed by atoms with Gasteiger partial charge in [0.05, 0.1) is 31.9 Å². The molecular weight excluding hydrogens is 466 g/mol. The highest BCUT2D eigenvalue weighted by molar-refractivity contribution is 5.98. The molecule has 37 heavy (non-hydrogen) atoms. The van der Waals surface area contributed by atoms with Crippen molar-refractivity contribution in [3.63, 3.8) is 0 Å². The maximum Gasteiger partial charge on any atom is 0.410 e. The molecule has 1 amide bonds. The number of piperidine rings is 1. The third-order valence-electron chi connectivity index (χ3n) is 7.99. The molecule has 2 fully saturated rings. The zero-order chi connectivity index (χ0) is 25.4. The number of Topliss-reactive ketones (excluding diaryl/α,β-unsaturated/α-hetero) is 1. The number of carbonyl (C=O) groups is 2. The van der Waals surface area contributed by atoms with Gasteiger partial charge in [-0.1, -0.05) is 72.8 Å². The monoisotopic (exact) mass is 497 g/mol. The zero-order valence-electron chi connectivity index (χ0n) is 21.0. The first kappa shape index (κ1) is 23.9. The topological polar surface area (TPSA) is 65.1 Å². The molecule has 6 rings (SSSR count). The Kier molecular flexibility index (Phi) is 6.53. The number of ketones is 1. The normalized spacial score (nSPS) is 22.3. The number of ether oxygens (including phenoxy) is 3. The first-order valence-electron chi connectivity index (χ1n) is 13.0. The van der Waals surface area contributed by atoms with Gasteiger partial charge in [-0.2, -0.15) is 0 Å². The first-order chi connectivity index (χ1) is 18.1. The van der Waals surface area contributed by atoms with Crippen LogP contribution in [0.5, 0.6) is 0 Å². The molecule has 2 atom stereocenters. The van der Waals surface area contributed by atoms with Crippen LogP contribution in [0.4, 0.5) is 4.79 Å². The maximum atomic E-state index is 13.4. The molecule has 0 N–H and O–H groups in total. The quantitative estimate of drug-likeness (QED) is 0.424. The van der Waals surface area contributed by atoms with E-state index < -0.39 is 0 Å². The number of hydrogen-bond acceptors (Lipinski definition) is 5. The highest BCUT2D eigenvalue weighted by Gasteiger charge is 2.45. The molecule has 3 aromatic rings. The number of fused-ring (bicyclic) bond motifs is 5. The number of morpholine rings is 1. The lowest BCUT2D eigenvalue weighted by Crippen LogP contribution is -2.60. The molecule has 0 aromatic heterocycles. The molecule has 0 radical (unpaired) electrons. The second-order valence-electron chi connectivity index (χ2n) is 10.2. The molecule has 3 aliphatic rings. The van der Waals surface area contributed by atoms with Crippen LogP contribution in [0.1, 0.15) is 45.8 Å². The summed E-state index contributed by atoms with van der Waals surface area (Å²) in [5.41, 5.74) is 6.55. The Hall–Kier alpha value is -3.48. The van der Waals surface area contributed by atoms with E-state index in [1.807, 2.05) is 53.4 Å². The van der Waals surface area contributed by atoms with Gasteiger partial charge in [0.25, 0.3) is 0 Å². The molecule has 2 unspecified atom stereocenters. The van der Waals surface area contributed by atoms with Gasteiger partial charge in [-0.05, 0) is 40.7 Å². The number of nitrogens with zero attached hydrogens (tertiary/aromatic N) is 1. The maximum absolute atomic E-state index is 13.4. The van der Waals surface area contributed by atoms with Gasteiger partial charge in [0, 0.05) is 24.5 Å². The van der Waals surface area contributed by atoms with Crippen molar-refractivity contribution >= 4 is 11.9 Å². The molecular formula is C31H31NO5. The van der Waals surface area contributed by atoms with Gasteiger partial charge in [0.2, 0.25) is 0 Å². The summed E-state index contributed by atoms with van der Waals surface area (Å²) >= 11 is 0. The smallest absolute Gasteiger partial charge is 0.410 e. The fourth-order valence-corrected chi connectivity index (χ4v) is 6.26. The molecule has 6 heteroatoms. The first-order valence-corrected chi connectivity index (χ1v) is 13.0. The molecule has 6 nitrogen and oxygen atoms in total. The van der Waals surface area contributed by atoms with E-state index in [0.29, 0.717) is 44.8 Å². The van der Waals surface area contributed by atoms with Crippen molar-refractivity contribution in [2.75, 3.05) is 26.9 Å². The zero-order valence-corrected chi connectivity index (χ0v) is 21.0. The van der Waals surface area contributed by atoms with Crippen LogP contribution in [0.15, 0.2) is 72.8 Å². The molecule has 2 aliphatic heterocycles. The second kappa shape index (κ2) is 10.1. The number of benzene rings is 3. The van der Waals surface area contributed by atoms with Crippen LogP contribution in [-0.4, -0.2) is 55.8 Å². The number of hydrogen-bond donors (Lipinski definition) is 0. The summed E-state index contributed by atoms with van der Waals surface area (Å²) in [5.74, 6) is 0.0190. The van der Waals surface area contributed by atoms with Crippen molar-refractivity contribution in [1.29, 1.82) is 0 Å². The summed E-state index contributed by atoms with van der Waals surface area (Å²) in [7, 11) is 1.66. The minimum absolute atomic E-state index is 0.0210. The van der Waals surface area contributed by atoms with E-state index in [1.54, 1.807) is 7.11 Å². The highest BCUT2D eigenvalue weighted by Crippen LogP contribution is 2.44. The van der Waals surface area contributed by atoms with Gasteiger partial charge in [-0.25, -0.2) is 4.79 Å². The lowest BCUT2D eigenvalue weighted by atomic mass is 9.81. The lowest BCUT2D eigenvalue weighted by Gasteiger charge is -2.47. The molecule has 0 saturated carbocycles. The predicted octanol–water partition coefficient (Wildman–Crippen LogP) is 5.44. The average molecular weight is 498 g/mol. The third kappa shape index (κ3) is 4.45. The Morgan fingerprint density at radius 3 is 2.05 bits per heavy atom. The molecule has 190 valence electrons. The van der Waals surface area contributed by atoms with Gasteiger partial charge in [0.15, 0.2) is 5.78 Å². The standard InChI is InChI=1S/C31H31NO5/c1-35-16-20-10-12-21(13-11-20)30(33)22-14-23-17-36-18-24(15-22)32(23)31(34)37-19-29-27-8-4-2-6-25(27)26-7-3-5-9-28(26)29/h2-13,22-24,29H,14-19H2,1H3. The molecule has 0 spiro atoms. The van der Waals surface area contributed by atoms with Crippen LogP contribution in [0, 0.1) is 5.92 Å². The Morgan fingerprint density at radius 2 is 1.46 bits per heavy atom. The average Bonchev–Trinajstić information content (AvgIpc) is 3.25. The fourth-order valence-electron chi connectivity index (χ4n) is 6.26. The van der Waals surface area contributed by atoms with Crippen molar-refractivity contribution in [1.82, 2.24) is 4.90 Å². The minimum Gasteiger partial charge on any atom is -0.448 e. The summed E-state index contributed by atoms with van der Waals surface area (Å²) < 4.78 is 16.9. The molecule has 1 aliphatic carbocycles. The minimum atomic E-state index is -0.310. The van der Waals surface area contributed by atoms with Crippen molar-refractivity contribution in [3.8, 4) is 11.1 Å². The van der Waals surface area contributed by atoms with Gasteiger partial charge in [-0.15, -0.1) is 0 Å². The van der Waals surface area contributed by atoms with E-state index >= 15 is 0 Å². The molecule has 3 aromatic carbocycles. The summed E-state index contributed by atoms with van der Waals surface area (Å²) in [6.07, 6.45) is 0.855. The van der Waals surface area contributed by atoms with Gasteiger partial charge in [-0.3, -0.25) is 9.69 Å². The van der Waals surface area contributed by atoms with E-state index in [4.69, 9.17) is 14.2 Å². The van der Waals surface area contributed by atoms with Crippen molar-refractivity contribution in [2.45, 2.75) is 37.5 Å². The lowest BCUT2D eigenvalue weighted by molar-refractivity contribution is -0.0747. The third-order valence-corrected chi connectivity index (χ3v) is 7.99. The largest absolute Gasteiger partial charge is 0.448 e. The van der Waals surface area contributed by atoms with Crippen molar-refractivity contribution < 1.29 is 23.8 Å². The van der Waals surface area contributed by atoms with Crippen LogP contribution in [0.3, 0.4) is 0 Å². The van der Waals surface area contributed by atoms with Gasteiger partial charge >= 0.3 is 6.09 Å². The van der Waals surface area contributed by atoms with Crippen LogP contribution in [0.2, 0.25) is 0 Å². The van der Waals surface area contributed by atoms with Crippen molar-refractivity contribution in [2.24, 2.45) is 5.92 Å². The van der Waals surface area contributed by atoms with Crippen LogP contribution < -0.4 is 0 Å². The van der Waals surface area contributed by atoms with E-state index in [1.165, 1.54) is 22.3 Å². The molecule has 2 saturated heterocycles. The Labute approximate surface area is 217 Å². The second-order valence-corrected chi connectivity index (χ2v) is 10.2. The predicted molar refractivity (Wildman–Crippen MR) is 140 cm³/mol. The summed E-state index contributed by atoms with van der Waals surface area (Å²) in [6, 6.07) is 24.0. The number of carbonyl (C=O) groups excluding carboxylic acids is 2. The van der Waals surface area contributed by atoms with Crippen LogP contribution in [0.25, 0.3) is 11.1 Å². The van der Waals surface area contributed by atoms with E-state index in [-0.39, 0.29) is 35.8 Å². The van der Waals surface area contributed by atoms with E-state index in [0.717, 1.165) is 5.56 Å². The fraction of sp³-hybridized carbons (Fsp3) is 0.355. The Bertz CT molecular complexity index is 1240. The van der Waals surface area contributed by atoms with Gasteiger partial charge < -0.3 is 14.2 Å². The van der Waals surface area contributed by atoms with Crippen LogP contribution in [-0.2, 0) is 20.8 Å². The Balaban J connectivity index is 1.14. The SMILES string of the molecule is COCc1ccc(C(=O)C2CC3COCC(C2)N3C(=O)OCC2c3ccccc3-c3ccccc32)cc1. The van der Waals surface area contributed by atoms with E-state index in [2.05, 4.69) is 24.3 Å². The summed E-state index contributed by atoms with van der Waals surface area (Å²) in [4.78, 5) is 28.5. The van der Waals surface area contributed by atoms with Crippen LogP contribution >= 0.6 is 0 Å². The van der Waals surface area contributed by atoms with E-state index in [9.17, 15) is 9.59 Å². The summed E-state index contributed by atoms with van der Waals surface area (Å²) in [6.45, 7) is 1.67. The number of rotatable bonds is 6. The van der Waals surface area contributed by atoms with Gasteiger partial charge in [0.1, 0.15) is 6.61 Å². The number of amides is 1. The summed E-state index contributed by atoms with van der Waals surface area (Å²) in [5, 5.41) is 0. The highest BCUT2D eigenvalue weighted by atomic mass is 16.6. The van der Waals surface area contributed by atoms with Crippen molar-refractivity contribution in [3.05, 3.63) is 95.1 Å². The molecule has 2 bridgehead atoms.